The standard InChI is InChI=1S/C29H24ClN7O/c1-2-25-34-28(33-24-15-10-20(11-16-24)19-8-13-22(30)14-9-19)37-29(35-25)36-26-17-12-21(18-31-26)27(38)32-23-6-4-3-5-7-23/h3-18H,2H2,1H3,(H,32,38)(H2,31,33,34,35,36,37). The van der Waals surface area contributed by atoms with Crippen molar-refractivity contribution >= 4 is 46.6 Å². The number of hydrogen-bond acceptors (Lipinski definition) is 7. The maximum Gasteiger partial charge on any atom is 0.257 e. The number of para-hydroxylation sites is 1. The van der Waals surface area contributed by atoms with Crippen molar-refractivity contribution < 1.29 is 4.79 Å². The Labute approximate surface area is 225 Å². The molecule has 0 atom stereocenters. The Kier molecular flexibility index (Phi) is 7.52. The Balaban J connectivity index is 1.27. The fraction of sp³-hybridized carbons (Fsp3) is 0.0690. The third-order valence-corrected chi connectivity index (χ3v) is 5.87. The van der Waals surface area contributed by atoms with Crippen LogP contribution < -0.4 is 16.0 Å². The Hall–Kier alpha value is -4.82. The number of rotatable bonds is 8. The number of hydrogen-bond donors (Lipinski definition) is 3. The van der Waals surface area contributed by atoms with E-state index in [0.29, 0.717) is 40.5 Å². The van der Waals surface area contributed by atoms with Crippen LogP contribution in [0.5, 0.6) is 0 Å². The van der Waals surface area contributed by atoms with Gasteiger partial charge in [0.2, 0.25) is 11.9 Å². The quantitative estimate of drug-likeness (QED) is 0.204. The van der Waals surface area contributed by atoms with E-state index < -0.39 is 0 Å². The molecular formula is C29H24ClN7O. The average molecular weight is 522 g/mol. The first-order valence-electron chi connectivity index (χ1n) is 12.0. The Morgan fingerprint density at radius 2 is 1.39 bits per heavy atom. The van der Waals surface area contributed by atoms with Gasteiger partial charge in [-0.25, -0.2) is 4.98 Å². The number of nitrogens with one attached hydrogen (secondary N) is 3. The van der Waals surface area contributed by atoms with E-state index in [1.54, 1.807) is 12.1 Å². The second kappa shape index (κ2) is 11.5. The van der Waals surface area contributed by atoms with Crippen molar-refractivity contribution in [3.05, 3.63) is 114 Å². The predicted molar refractivity (Wildman–Crippen MR) is 151 cm³/mol. The van der Waals surface area contributed by atoms with Crippen molar-refractivity contribution in [2.45, 2.75) is 13.3 Å². The molecule has 9 heteroatoms. The number of benzene rings is 3. The number of carbonyl (C=O) groups excluding carboxylic acids is 1. The van der Waals surface area contributed by atoms with Crippen LogP contribution in [0.1, 0.15) is 23.1 Å². The van der Waals surface area contributed by atoms with Crippen LogP contribution in [-0.4, -0.2) is 25.8 Å². The Bertz CT molecular complexity index is 1530. The van der Waals surface area contributed by atoms with E-state index >= 15 is 0 Å². The van der Waals surface area contributed by atoms with Crippen molar-refractivity contribution in [1.82, 2.24) is 19.9 Å². The molecule has 0 radical (unpaired) electrons. The first-order valence-corrected chi connectivity index (χ1v) is 12.4. The molecule has 2 aromatic heterocycles. The lowest BCUT2D eigenvalue weighted by Crippen LogP contribution is -2.12. The van der Waals surface area contributed by atoms with Crippen LogP contribution in [0.3, 0.4) is 0 Å². The van der Waals surface area contributed by atoms with Gasteiger partial charge in [-0.15, -0.1) is 0 Å². The number of carbonyl (C=O) groups is 1. The summed E-state index contributed by atoms with van der Waals surface area (Å²) < 4.78 is 0. The number of amides is 1. The summed E-state index contributed by atoms with van der Waals surface area (Å²) >= 11 is 6.00. The summed E-state index contributed by atoms with van der Waals surface area (Å²) in [6.45, 7) is 1.97. The summed E-state index contributed by atoms with van der Waals surface area (Å²) in [6, 6.07) is 28.3. The van der Waals surface area contributed by atoms with Gasteiger partial charge in [0.1, 0.15) is 11.6 Å². The molecule has 188 valence electrons. The normalized spacial score (nSPS) is 10.6. The number of anilines is 5. The molecule has 0 unspecified atom stereocenters. The third-order valence-electron chi connectivity index (χ3n) is 5.61. The highest BCUT2D eigenvalue weighted by molar-refractivity contribution is 6.30. The van der Waals surface area contributed by atoms with E-state index in [2.05, 4.69) is 35.9 Å². The average Bonchev–Trinajstić information content (AvgIpc) is 2.95. The van der Waals surface area contributed by atoms with Crippen molar-refractivity contribution in [3.8, 4) is 11.1 Å². The predicted octanol–water partition coefficient (Wildman–Crippen LogP) is 6.89. The molecule has 0 aliphatic rings. The first-order chi connectivity index (χ1) is 18.6. The van der Waals surface area contributed by atoms with Crippen molar-refractivity contribution in [2.24, 2.45) is 0 Å². The van der Waals surface area contributed by atoms with Gasteiger partial charge < -0.3 is 16.0 Å². The van der Waals surface area contributed by atoms with E-state index in [1.807, 2.05) is 85.8 Å². The van der Waals surface area contributed by atoms with Gasteiger partial charge in [0.15, 0.2) is 0 Å². The Morgan fingerprint density at radius 1 is 0.737 bits per heavy atom. The van der Waals surface area contributed by atoms with Gasteiger partial charge in [0.05, 0.1) is 5.56 Å². The number of nitrogens with zero attached hydrogens (tertiary/aromatic N) is 4. The minimum atomic E-state index is -0.239. The lowest BCUT2D eigenvalue weighted by molar-refractivity contribution is 0.102. The molecule has 38 heavy (non-hydrogen) atoms. The zero-order valence-electron chi connectivity index (χ0n) is 20.5. The van der Waals surface area contributed by atoms with Crippen LogP contribution in [0.2, 0.25) is 5.02 Å². The summed E-state index contributed by atoms with van der Waals surface area (Å²) in [5, 5.41) is 9.89. The van der Waals surface area contributed by atoms with E-state index in [-0.39, 0.29) is 5.91 Å². The highest BCUT2D eigenvalue weighted by Gasteiger charge is 2.10. The molecule has 8 nitrogen and oxygen atoms in total. The van der Waals surface area contributed by atoms with Crippen LogP contribution in [0.4, 0.5) is 29.1 Å². The number of aryl methyl sites for hydroxylation is 1. The third kappa shape index (κ3) is 6.29. The van der Waals surface area contributed by atoms with E-state index in [4.69, 9.17) is 11.6 Å². The second-order valence-electron chi connectivity index (χ2n) is 8.34. The topological polar surface area (TPSA) is 105 Å². The minimum absolute atomic E-state index is 0.239. The smallest absolute Gasteiger partial charge is 0.257 e. The van der Waals surface area contributed by atoms with Crippen molar-refractivity contribution in [3.63, 3.8) is 0 Å². The van der Waals surface area contributed by atoms with Crippen LogP contribution in [-0.2, 0) is 6.42 Å². The molecule has 0 spiro atoms. The van der Waals surface area contributed by atoms with Gasteiger partial charge in [0, 0.05) is 29.0 Å². The zero-order chi connectivity index (χ0) is 26.3. The zero-order valence-corrected chi connectivity index (χ0v) is 21.3. The van der Waals surface area contributed by atoms with Crippen molar-refractivity contribution in [1.29, 1.82) is 0 Å². The number of aromatic nitrogens is 4. The summed E-state index contributed by atoms with van der Waals surface area (Å²) in [7, 11) is 0. The monoisotopic (exact) mass is 521 g/mol. The van der Waals surface area contributed by atoms with Gasteiger partial charge >= 0.3 is 0 Å². The molecule has 1 amide bonds. The Morgan fingerprint density at radius 3 is 2.03 bits per heavy atom. The minimum Gasteiger partial charge on any atom is -0.324 e. The first kappa shape index (κ1) is 24.9. The summed E-state index contributed by atoms with van der Waals surface area (Å²) in [5.41, 5.74) is 4.16. The van der Waals surface area contributed by atoms with Gasteiger partial charge in [0.25, 0.3) is 5.91 Å². The van der Waals surface area contributed by atoms with Gasteiger partial charge in [-0.1, -0.05) is 61.0 Å². The van der Waals surface area contributed by atoms with Gasteiger partial charge in [-0.2, -0.15) is 15.0 Å². The molecule has 0 aliphatic carbocycles. The SMILES string of the molecule is CCc1nc(Nc2ccc(-c3ccc(Cl)cc3)cc2)nc(Nc2ccc(C(=O)Nc3ccccc3)cn2)n1. The molecule has 0 saturated carbocycles. The fourth-order valence-corrected chi connectivity index (χ4v) is 3.77. The van der Waals surface area contributed by atoms with E-state index in [9.17, 15) is 4.79 Å². The molecule has 0 bridgehead atoms. The number of pyridine rings is 1. The highest BCUT2D eigenvalue weighted by Crippen LogP contribution is 2.24. The summed E-state index contributed by atoms with van der Waals surface area (Å²) in [6.07, 6.45) is 2.14. The molecule has 3 aromatic carbocycles. The molecular weight excluding hydrogens is 498 g/mol. The highest BCUT2D eigenvalue weighted by atomic mass is 35.5. The molecule has 0 saturated heterocycles. The maximum absolute atomic E-state index is 12.5. The molecule has 0 fully saturated rings. The van der Waals surface area contributed by atoms with Crippen LogP contribution >= 0.6 is 11.6 Å². The van der Waals surface area contributed by atoms with Crippen LogP contribution in [0, 0.1) is 0 Å². The molecule has 5 rings (SSSR count). The van der Waals surface area contributed by atoms with Crippen LogP contribution in [0.25, 0.3) is 11.1 Å². The van der Waals surface area contributed by atoms with E-state index in [0.717, 1.165) is 22.5 Å². The lowest BCUT2D eigenvalue weighted by Gasteiger charge is -2.10. The molecule has 3 N–H and O–H groups in total. The van der Waals surface area contributed by atoms with Crippen LogP contribution in [0.15, 0.2) is 97.2 Å². The number of halogens is 1. The molecule has 5 aromatic rings. The summed E-state index contributed by atoms with van der Waals surface area (Å²) in [4.78, 5) is 30.3. The van der Waals surface area contributed by atoms with Gasteiger partial charge in [-0.05, 0) is 59.7 Å². The maximum atomic E-state index is 12.5. The largest absolute Gasteiger partial charge is 0.324 e. The fourth-order valence-electron chi connectivity index (χ4n) is 3.65. The molecule has 2 heterocycles. The van der Waals surface area contributed by atoms with E-state index in [1.165, 1.54) is 6.20 Å². The van der Waals surface area contributed by atoms with Crippen molar-refractivity contribution in [2.75, 3.05) is 16.0 Å². The second-order valence-corrected chi connectivity index (χ2v) is 8.78. The molecule has 0 aliphatic heterocycles. The van der Waals surface area contributed by atoms with Gasteiger partial charge in [-0.3, -0.25) is 4.79 Å². The lowest BCUT2D eigenvalue weighted by atomic mass is 10.1. The summed E-state index contributed by atoms with van der Waals surface area (Å²) in [5.74, 6) is 1.66.